The summed E-state index contributed by atoms with van der Waals surface area (Å²) in [4.78, 5) is 33.7. The zero-order valence-corrected chi connectivity index (χ0v) is 21.0. The third-order valence-electron chi connectivity index (χ3n) is 6.79. The van der Waals surface area contributed by atoms with Gasteiger partial charge >= 0.3 is 0 Å². The number of hydrogen-bond donors (Lipinski definition) is 1. The Kier molecular flexibility index (Phi) is 6.62. The van der Waals surface area contributed by atoms with Crippen molar-refractivity contribution in [2.45, 2.75) is 51.5 Å². The molecule has 0 atom stereocenters. The van der Waals surface area contributed by atoms with Crippen LogP contribution in [-0.2, 0) is 11.2 Å². The van der Waals surface area contributed by atoms with Gasteiger partial charge in [-0.25, -0.2) is 4.98 Å². The normalized spacial score (nSPS) is 14.3. The van der Waals surface area contributed by atoms with Gasteiger partial charge in [-0.3, -0.25) is 19.1 Å². The van der Waals surface area contributed by atoms with Gasteiger partial charge in [0.2, 0.25) is 5.91 Å². The SMILES string of the molecule is Cc1c(CC(=O)N(c2nccs2)C2CCCCC2)c2cc(O)ccc2n1C(=O)c1ccccc1Cl. The predicted molar refractivity (Wildman–Crippen MR) is 140 cm³/mol. The molecule has 0 unspecified atom stereocenters. The van der Waals surface area contributed by atoms with Gasteiger partial charge in [0.1, 0.15) is 5.75 Å². The van der Waals surface area contributed by atoms with Crippen molar-refractivity contribution in [3.63, 3.8) is 0 Å². The number of aromatic hydroxyl groups is 1. The fourth-order valence-electron chi connectivity index (χ4n) is 5.09. The van der Waals surface area contributed by atoms with E-state index < -0.39 is 0 Å². The molecule has 0 spiro atoms. The Morgan fingerprint density at radius 2 is 1.94 bits per heavy atom. The fraction of sp³-hybridized carbons (Fsp3) is 0.296. The van der Waals surface area contributed by atoms with Gasteiger partial charge < -0.3 is 5.11 Å². The first-order chi connectivity index (χ1) is 17.0. The maximum atomic E-state index is 13.8. The molecule has 0 saturated heterocycles. The number of anilines is 1. The number of thiazole rings is 1. The zero-order valence-electron chi connectivity index (χ0n) is 19.4. The Balaban J connectivity index is 1.58. The highest BCUT2D eigenvalue weighted by Gasteiger charge is 2.30. The Morgan fingerprint density at radius 3 is 2.66 bits per heavy atom. The second kappa shape index (κ2) is 9.84. The Labute approximate surface area is 212 Å². The van der Waals surface area contributed by atoms with E-state index >= 15 is 0 Å². The first-order valence-corrected chi connectivity index (χ1v) is 13.0. The van der Waals surface area contributed by atoms with Crippen LogP contribution in [0.2, 0.25) is 5.02 Å². The highest BCUT2D eigenvalue weighted by molar-refractivity contribution is 7.13. The van der Waals surface area contributed by atoms with Gasteiger partial charge in [0.05, 0.1) is 22.5 Å². The summed E-state index contributed by atoms with van der Waals surface area (Å²) in [5, 5.41) is 13.9. The minimum absolute atomic E-state index is 0.0532. The number of nitrogens with zero attached hydrogens (tertiary/aromatic N) is 3. The van der Waals surface area contributed by atoms with E-state index in [1.807, 2.05) is 17.2 Å². The topological polar surface area (TPSA) is 75.4 Å². The van der Waals surface area contributed by atoms with E-state index in [0.717, 1.165) is 31.2 Å². The molecular weight excluding hydrogens is 482 g/mol. The molecule has 1 fully saturated rings. The average Bonchev–Trinajstić information content (AvgIpc) is 3.47. The molecule has 2 heterocycles. The van der Waals surface area contributed by atoms with E-state index in [2.05, 4.69) is 4.98 Å². The summed E-state index contributed by atoms with van der Waals surface area (Å²) in [7, 11) is 0. The van der Waals surface area contributed by atoms with Crippen LogP contribution in [0.4, 0.5) is 5.13 Å². The number of carbonyl (C=O) groups excluding carboxylic acids is 2. The van der Waals surface area contributed by atoms with E-state index in [9.17, 15) is 14.7 Å². The molecule has 2 aromatic heterocycles. The maximum absolute atomic E-state index is 13.8. The molecule has 180 valence electrons. The van der Waals surface area contributed by atoms with Crippen molar-refractivity contribution < 1.29 is 14.7 Å². The third kappa shape index (κ3) is 4.46. The van der Waals surface area contributed by atoms with Crippen LogP contribution in [-0.4, -0.2) is 32.5 Å². The zero-order chi connectivity index (χ0) is 24.5. The van der Waals surface area contributed by atoms with Crippen LogP contribution >= 0.6 is 22.9 Å². The Morgan fingerprint density at radius 1 is 1.17 bits per heavy atom. The van der Waals surface area contributed by atoms with E-state index in [-0.39, 0.29) is 30.0 Å². The Hall–Kier alpha value is -3.16. The van der Waals surface area contributed by atoms with E-state index in [4.69, 9.17) is 11.6 Å². The number of amides is 1. The molecule has 5 rings (SSSR count). The first-order valence-electron chi connectivity index (χ1n) is 11.8. The quantitative estimate of drug-likeness (QED) is 0.341. The van der Waals surface area contributed by atoms with Crippen molar-refractivity contribution in [1.29, 1.82) is 0 Å². The molecule has 0 aliphatic heterocycles. The molecule has 4 aromatic rings. The van der Waals surface area contributed by atoms with Crippen LogP contribution < -0.4 is 4.90 Å². The molecule has 35 heavy (non-hydrogen) atoms. The predicted octanol–water partition coefficient (Wildman–Crippen LogP) is 6.36. The molecule has 2 aromatic carbocycles. The van der Waals surface area contributed by atoms with Crippen LogP contribution in [0.15, 0.2) is 54.0 Å². The van der Waals surface area contributed by atoms with Crippen LogP contribution in [0.25, 0.3) is 10.9 Å². The summed E-state index contributed by atoms with van der Waals surface area (Å²) >= 11 is 7.80. The first kappa shape index (κ1) is 23.6. The second-order valence-corrected chi connectivity index (χ2v) is 10.2. The number of rotatable bonds is 5. The number of aromatic nitrogens is 2. The van der Waals surface area contributed by atoms with Gasteiger partial charge in [-0.2, -0.15) is 0 Å². The van der Waals surface area contributed by atoms with Crippen LogP contribution in [0.1, 0.15) is 53.7 Å². The average molecular weight is 508 g/mol. The number of hydrogen-bond acceptors (Lipinski definition) is 5. The largest absolute Gasteiger partial charge is 0.508 e. The lowest BCUT2D eigenvalue weighted by atomic mass is 9.94. The van der Waals surface area contributed by atoms with Crippen molar-refractivity contribution in [3.8, 4) is 5.75 Å². The minimum atomic E-state index is -0.272. The lowest BCUT2D eigenvalue weighted by Crippen LogP contribution is -2.42. The van der Waals surface area contributed by atoms with Crippen LogP contribution in [0.3, 0.4) is 0 Å². The van der Waals surface area contributed by atoms with Crippen molar-refractivity contribution in [1.82, 2.24) is 9.55 Å². The molecule has 0 bridgehead atoms. The summed E-state index contributed by atoms with van der Waals surface area (Å²) in [5.74, 6) is -0.244. The lowest BCUT2D eigenvalue weighted by molar-refractivity contribution is -0.118. The highest BCUT2D eigenvalue weighted by atomic mass is 35.5. The van der Waals surface area contributed by atoms with Gasteiger partial charge in [-0.15, -0.1) is 11.3 Å². The number of phenolic OH excluding ortho intramolecular Hbond substituents is 1. The number of carbonyl (C=O) groups is 2. The highest BCUT2D eigenvalue weighted by Crippen LogP contribution is 2.34. The number of benzene rings is 2. The van der Waals surface area contributed by atoms with Crippen LogP contribution in [0.5, 0.6) is 5.75 Å². The minimum Gasteiger partial charge on any atom is -0.508 e. The Bertz CT molecular complexity index is 1390. The number of halogens is 1. The molecule has 1 saturated carbocycles. The van der Waals surface area contributed by atoms with Gasteiger partial charge in [0.15, 0.2) is 5.13 Å². The fourth-order valence-corrected chi connectivity index (χ4v) is 6.03. The van der Waals surface area contributed by atoms with Crippen molar-refractivity contribution in [2.75, 3.05) is 4.90 Å². The van der Waals surface area contributed by atoms with Crippen LogP contribution in [0, 0.1) is 6.92 Å². The summed E-state index contributed by atoms with van der Waals surface area (Å²) in [6.07, 6.45) is 7.12. The molecule has 8 heteroatoms. The second-order valence-electron chi connectivity index (χ2n) is 8.93. The number of fused-ring (bicyclic) bond motifs is 1. The molecule has 1 amide bonds. The van der Waals surface area contributed by atoms with E-state index in [0.29, 0.717) is 32.3 Å². The molecule has 1 N–H and O–H groups in total. The van der Waals surface area contributed by atoms with Gasteiger partial charge in [-0.1, -0.05) is 43.0 Å². The maximum Gasteiger partial charge on any atom is 0.264 e. The van der Waals surface area contributed by atoms with Crippen molar-refractivity contribution in [3.05, 3.63) is 75.9 Å². The van der Waals surface area contributed by atoms with Gasteiger partial charge in [0.25, 0.3) is 5.91 Å². The van der Waals surface area contributed by atoms with E-state index in [1.54, 1.807) is 53.2 Å². The molecule has 6 nitrogen and oxygen atoms in total. The smallest absolute Gasteiger partial charge is 0.264 e. The van der Waals surface area contributed by atoms with Crippen molar-refractivity contribution >= 4 is 50.8 Å². The van der Waals surface area contributed by atoms with Gasteiger partial charge in [-0.05, 0) is 55.7 Å². The summed E-state index contributed by atoms with van der Waals surface area (Å²) in [5.41, 5.74) is 2.39. The summed E-state index contributed by atoms with van der Waals surface area (Å²) in [6, 6.07) is 11.9. The molecule has 1 aliphatic carbocycles. The number of phenols is 1. The monoisotopic (exact) mass is 507 g/mol. The standard InChI is InChI=1S/C27H26ClN3O3S/c1-17-21(16-25(33)31(27-29-13-14-35-27)18-7-3-2-4-8-18)22-15-19(32)11-12-24(22)30(17)26(34)20-9-5-6-10-23(20)28/h5-6,9-15,18,32H,2-4,7-8,16H2,1H3. The third-order valence-corrected chi connectivity index (χ3v) is 7.89. The molecule has 1 aliphatic rings. The molecular formula is C27H26ClN3O3S. The van der Waals surface area contributed by atoms with Gasteiger partial charge in [0, 0.05) is 28.7 Å². The molecule has 0 radical (unpaired) electrons. The lowest BCUT2D eigenvalue weighted by Gasteiger charge is -2.32. The van der Waals surface area contributed by atoms with Crippen molar-refractivity contribution in [2.24, 2.45) is 0 Å². The van der Waals surface area contributed by atoms with E-state index in [1.165, 1.54) is 17.8 Å². The summed E-state index contributed by atoms with van der Waals surface area (Å²) < 4.78 is 1.59. The summed E-state index contributed by atoms with van der Waals surface area (Å²) in [6.45, 7) is 1.84.